The Morgan fingerprint density at radius 3 is 2.50 bits per heavy atom. The first kappa shape index (κ1) is 16.1. The Morgan fingerprint density at radius 1 is 1.50 bits per heavy atom. The van der Waals surface area contributed by atoms with Crippen molar-refractivity contribution >= 4 is 49.1 Å². The van der Waals surface area contributed by atoms with E-state index in [0.29, 0.717) is 12.0 Å². The zero-order valence-corrected chi connectivity index (χ0v) is 14.6. The highest BCUT2D eigenvalue weighted by Gasteiger charge is 2.27. The smallest absolute Gasteiger partial charge is 0.253 e. The standard InChI is InChI=1S/C12H17Br2NO2S/c1-12(2,3)8(4-5-16)15-11(17)7-6-9(13)18-10(7)14/h6,8,16H,4-5H2,1-3H3,(H,15,17). The lowest BCUT2D eigenvalue weighted by molar-refractivity contribution is 0.0885. The van der Waals surface area contributed by atoms with E-state index in [0.717, 1.165) is 7.57 Å². The summed E-state index contributed by atoms with van der Waals surface area (Å²) in [6.07, 6.45) is 0.554. The third-order valence-corrected chi connectivity index (χ3v) is 5.01. The SMILES string of the molecule is CC(C)(C)C(CCO)NC(=O)c1cc(Br)sc1Br. The van der Waals surface area contributed by atoms with Crippen molar-refractivity contribution in [2.75, 3.05) is 6.61 Å². The van der Waals surface area contributed by atoms with Gasteiger partial charge in [0, 0.05) is 12.6 Å². The summed E-state index contributed by atoms with van der Waals surface area (Å²) in [5, 5.41) is 12.1. The summed E-state index contributed by atoms with van der Waals surface area (Å²) in [5.74, 6) is -0.114. The summed E-state index contributed by atoms with van der Waals surface area (Å²) >= 11 is 8.20. The van der Waals surface area contributed by atoms with Crippen molar-refractivity contribution in [2.24, 2.45) is 5.41 Å². The minimum atomic E-state index is -0.114. The Labute approximate surface area is 128 Å². The molecule has 0 saturated heterocycles. The van der Waals surface area contributed by atoms with Crippen molar-refractivity contribution in [1.82, 2.24) is 5.32 Å². The molecule has 0 saturated carbocycles. The number of thiophene rings is 1. The first-order chi connectivity index (χ1) is 8.25. The minimum Gasteiger partial charge on any atom is -0.396 e. The van der Waals surface area contributed by atoms with Crippen molar-refractivity contribution in [1.29, 1.82) is 0 Å². The van der Waals surface area contributed by atoms with Crippen LogP contribution >= 0.6 is 43.2 Å². The Kier molecular flexibility index (Phi) is 5.83. The van der Waals surface area contributed by atoms with Gasteiger partial charge in [0.1, 0.15) is 0 Å². The molecule has 0 radical (unpaired) electrons. The monoisotopic (exact) mass is 397 g/mol. The average Bonchev–Trinajstić information content (AvgIpc) is 2.55. The Bertz CT molecular complexity index is 426. The minimum absolute atomic E-state index is 0.0550. The van der Waals surface area contributed by atoms with Crippen LogP contribution in [0.5, 0.6) is 0 Å². The number of nitrogens with one attached hydrogen (secondary N) is 1. The van der Waals surface area contributed by atoms with Crippen molar-refractivity contribution in [3.63, 3.8) is 0 Å². The Hall–Kier alpha value is 0.0900. The van der Waals surface area contributed by atoms with Gasteiger partial charge in [-0.2, -0.15) is 0 Å². The molecule has 0 aliphatic heterocycles. The van der Waals surface area contributed by atoms with E-state index < -0.39 is 0 Å². The summed E-state index contributed by atoms with van der Waals surface area (Å²) in [6, 6.07) is 1.74. The van der Waals surface area contributed by atoms with Crippen LogP contribution in [0, 0.1) is 5.41 Å². The second kappa shape index (κ2) is 6.50. The Balaban J connectivity index is 2.82. The van der Waals surface area contributed by atoms with Crippen LogP contribution < -0.4 is 5.32 Å². The second-order valence-corrected chi connectivity index (χ2v) is 8.89. The van der Waals surface area contributed by atoms with Crippen LogP contribution in [0.15, 0.2) is 13.6 Å². The highest BCUT2D eigenvalue weighted by molar-refractivity contribution is 9.12. The fourth-order valence-corrected chi connectivity index (χ4v) is 4.38. The number of amides is 1. The molecule has 18 heavy (non-hydrogen) atoms. The first-order valence-corrected chi connectivity index (χ1v) is 8.02. The zero-order valence-electron chi connectivity index (χ0n) is 10.6. The van der Waals surface area contributed by atoms with Crippen LogP contribution in [-0.2, 0) is 0 Å². The van der Waals surface area contributed by atoms with Crippen LogP contribution in [0.25, 0.3) is 0 Å². The molecule has 0 aromatic carbocycles. The predicted molar refractivity (Wildman–Crippen MR) is 82.1 cm³/mol. The summed E-state index contributed by atoms with van der Waals surface area (Å²) in [4.78, 5) is 12.2. The molecule has 0 bridgehead atoms. The van der Waals surface area contributed by atoms with Crippen LogP contribution in [0.2, 0.25) is 0 Å². The number of hydrogen-bond acceptors (Lipinski definition) is 3. The van der Waals surface area contributed by atoms with Crippen LogP contribution in [0.4, 0.5) is 0 Å². The van der Waals surface area contributed by atoms with E-state index in [-0.39, 0.29) is 24.0 Å². The maximum atomic E-state index is 12.2. The Morgan fingerprint density at radius 2 is 2.11 bits per heavy atom. The van der Waals surface area contributed by atoms with Gasteiger partial charge in [-0.3, -0.25) is 4.79 Å². The van der Waals surface area contributed by atoms with E-state index in [1.54, 1.807) is 6.07 Å². The molecule has 0 spiro atoms. The van der Waals surface area contributed by atoms with Crippen molar-refractivity contribution < 1.29 is 9.90 Å². The topological polar surface area (TPSA) is 49.3 Å². The molecular weight excluding hydrogens is 382 g/mol. The maximum Gasteiger partial charge on any atom is 0.253 e. The summed E-state index contributed by atoms with van der Waals surface area (Å²) in [6.45, 7) is 6.21. The van der Waals surface area contributed by atoms with Gasteiger partial charge in [-0.25, -0.2) is 0 Å². The largest absolute Gasteiger partial charge is 0.396 e. The third-order valence-electron chi connectivity index (χ3n) is 2.67. The molecule has 0 aliphatic carbocycles. The van der Waals surface area contributed by atoms with Crippen LogP contribution in [0.1, 0.15) is 37.6 Å². The van der Waals surface area contributed by atoms with Gasteiger partial charge in [-0.15, -0.1) is 11.3 Å². The molecule has 1 unspecified atom stereocenters. The molecule has 1 aromatic heterocycles. The molecule has 1 amide bonds. The van der Waals surface area contributed by atoms with Crippen molar-refractivity contribution in [3.8, 4) is 0 Å². The van der Waals surface area contributed by atoms with Gasteiger partial charge >= 0.3 is 0 Å². The molecule has 6 heteroatoms. The lowest BCUT2D eigenvalue weighted by atomic mass is 9.85. The molecule has 1 heterocycles. The van der Waals surface area contributed by atoms with Gasteiger partial charge in [0.05, 0.1) is 13.1 Å². The molecule has 0 aliphatic rings. The highest BCUT2D eigenvalue weighted by atomic mass is 79.9. The fraction of sp³-hybridized carbons (Fsp3) is 0.583. The number of hydrogen-bond donors (Lipinski definition) is 2. The summed E-state index contributed by atoms with van der Waals surface area (Å²) in [5.41, 5.74) is 0.539. The van der Waals surface area contributed by atoms with Crippen LogP contribution in [-0.4, -0.2) is 23.7 Å². The first-order valence-electron chi connectivity index (χ1n) is 5.62. The number of halogens is 2. The quantitative estimate of drug-likeness (QED) is 0.810. The van der Waals surface area contributed by atoms with Gasteiger partial charge in [0.25, 0.3) is 5.91 Å². The molecule has 1 rings (SSSR count). The lowest BCUT2D eigenvalue weighted by Gasteiger charge is -2.31. The maximum absolute atomic E-state index is 12.2. The second-order valence-electron chi connectivity index (χ2n) is 5.14. The van der Waals surface area contributed by atoms with Crippen LogP contribution in [0.3, 0.4) is 0 Å². The number of carbonyl (C=O) groups excluding carboxylic acids is 1. The van der Waals surface area contributed by atoms with Gasteiger partial charge in [-0.05, 0) is 49.8 Å². The molecule has 0 fully saturated rings. The number of carbonyl (C=O) groups is 1. The fourth-order valence-electron chi connectivity index (χ4n) is 1.58. The zero-order chi connectivity index (χ0) is 13.9. The molecule has 1 atom stereocenters. The van der Waals surface area contributed by atoms with Gasteiger partial charge in [-0.1, -0.05) is 20.8 Å². The normalized spacial score (nSPS) is 13.4. The molecular formula is C12H17Br2NO2S. The number of aliphatic hydroxyl groups is 1. The summed E-state index contributed by atoms with van der Waals surface area (Å²) < 4.78 is 1.72. The van der Waals surface area contributed by atoms with Gasteiger partial charge in [0.2, 0.25) is 0 Å². The number of rotatable bonds is 4. The van der Waals surface area contributed by atoms with E-state index in [1.807, 2.05) is 20.8 Å². The van der Waals surface area contributed by atoms with E-state index in [1.165, 1.54) is 11.3 Å². The average molecular weight is 399 g/mol. The summed E-state index contributed by atoms with van der Waals surface area (Å²) in [7, 11) is 0. The number of aliphatic hydroxyl groups excluding tert-OH is 1. The van der Waals surface area contributed by atoms with Gasteiger partial charge < -0.3 is 10.4 Å². The highest BCUT2D eigenvalue weighted by Crippen LogP contribution is 2.32. The molecule has 1 aromatic rings. The molecule has 3 nitrogen and oxygen atoms in total. The lowest BCUT2D eigenvalue weighted by Crippen LogP contribution is -2.44. The van der Waals surface area contributed by atoms with E-state index in [4.69, 9.17) is 5.11 Å². The molecule has 102 valence electrons. The third kappa shape index (κ3) is 4.33. The van der Waals surface area contributed by atoms with E-state index in [2.05, 4.69) is 37.2 Å². The molecule has 2 N–H and O–H groups in total. The predicted octanol–water partition coefficient (Wildman–Crippen LogP) is 3.80. The van der Waals surface area contributed by atoms with E-state index >= 15 is 0 Å². The van der Waals surface area contributed by atoms with Gasteiger partial charge in [0.15, 0.2) is 0 Å². The van der Waals surface area contributed by atoms with E-state index in [9.17, 15) is 4.79 Å². The van der Waals surface area contributed by atoms with Crippen molar-refractivity contribution in [2.45, 2.75) is 33.2 Å². The van der Waals surface area contributed by atoms with Crippen molar-refractivity contribution in [3.05, 3.63) is 19.2 Å².